The topological polar surface area (TPSA) is 46.3 Å². The summed E-state index contributed by atoms with van der Waals surface area (Å²) in [4.78, 5) is 14.4. The van der Waals surface area contributed by atoms with E-state index in [0.29, 0.717) is 12.3 Å². The molecule has 1 aliphatic heterocycles. The second kappa shape index (κ2) is 6.65. The summed E-state index contributed by atoms with van der Waals surface area (Å²) >= 11 is 0. The first-order chi connectivity index (χ1) is 10.7. The number of carbonyl (C=O) groups is 1. The van der Waals surface area contributed by atoms with Crippen molar-refractivity contribution in [3.05, 3.63) is 65.7 Å². The fraction of sp³-hybridized carbons (Fsp3) is 0.316. The lowest BCUT2D eigenvalue weighted by Gasteiger charge is -2.17. The first kappa shape index (κ1) is 14.6. The normalized spacial score (nSPS) is 17.6. The van der Waals surface area contributed by atoms with Gasteiger partial charge in [0.25, 0.3) is 0 Å². The van der Waals surface area contributed by atoms with Crippen LogP contribution in [0.5, 0.6) is 0 Å². The number of likely N-dealkylation sites (tertiary alicyclic amines) is 1. The van der Waals surface area contributed by atoms with Crippen molar-refractivity contribution >= 4 is 11.6 Å². The van der Waals surface area contributed by atoms with Gasteiger partial charge in [-0.25, -0.2) is 0 Å². The molecule has 3 rings (SSSR count). The second-order valence-electron chi connectivity index (χ2n) is 5.93. The zero-order valence-electron chi connectivity index (χ0n) is 12.7. The van der Waals surface area contributed by atoms with Gasteiger partial charge in [0.2, 0.25) is 5.91 Å². The van der Waals surface area contributed by atoms with Crippen molar-refractivity contribution in [1.82, 2.24) is 4.90 Å². The number of rotatable bonds is 4. The van der Waals surface area contributed by atoms with Crippen LogP contribution in [0.4, 0.5) is 5.69 Å². The molecule has 1 amide bonds. The van der Waals surface area contributed by atoms with E-state index in [4.69, 9.17) is 5.73 Å². The molecule has 1 aliphatic rings. The van der Waals surface area contributed by atoms with E-state index in [9.17, 15) is 4.79 Å². The summed E-state index contributed by atoms with van der Waals surface area (Å²) in [6.45, 7) is 1.70. The van der Waals surface area contributed by atoms with Gasteiger partial charge in [-0.15, -0.1) is 0 Å². The standard InChI is InChI=1S/C19H22N2O/c20-18-9-5-4-8-16(18)10-11-19(22)21-13-12-17(14-21)15-6-2-1-3-7-15/h1-9,17H,10-14,20H2. The van der Waals surface area contributed by atoms with Crippen LogP contribution in [0, 0.1) is 0 Å². The molecule has 1 fully saturated rings. The predicted octanol–water partition coefficient (Wildman–Crippen LogP) is 3.22. The molecule has 2 N–H and O–H groups in total. The van der Waals surface area contributed by atoms with Gasteiger partial charge in [-0.1, -0.05) is 48.5 Å². The lowest BCUT2D eigenvalue weighted by Crippen LogP contribution is -2.28. The Morgan fingerprint density at radius 3 is 2.59 bits per heavy atom. The summed E-state index contributed by atoms with van der Waals surface area (Å²) in [6, 6.07) is 18.3. The van der Waals surface area contributed by atoms with Crippen molar-refractivity contribution in [2.75, 3.05) is 18.8 Å². The first-order valence-corrected chi connectivity index (χ1v) is 7.90. The molecule has 1 atom stereocenters. The fourth-order valence-electron chi connectivity index (χ4n) is 3.15. The highest BCUT2D eigenvalue weighted by Gasteiger charge is 2.26. The van der Waals surface area contributed by atoms with Crippen LogP contribution in [0.3, 0.4) is 0 Å². The van der Waals surface area contributed by atoms with Gasteiger partial charge in [0.15, 0.2) is 0 Å². The maximum Gasteiger partial charge on any atom is 0.222 e. The van der Waals surface area contributed by atoms with E-state index in [0.717, 1.165) is 37.2 Å². The number of nitrogens with zero attached hydrogens (tertiary/aromatic N) is 1. The van der Waals surface area contributed by atoms with Gasteiger partial charge >= 0.3 is 0 Å². The van der Waals surface area contributed by atoms with Crippen molar-refractivity contribution < 1.29 is 4.79 Å². The van der Waals surface area contributed by atoms with Gasteiger partial charge in [-0.2, -0.15) is 0 Å². The number of hydrogen-bond acceptors (Lipinski definition) is 2. The lowest BCUT2D eigenvalue weighted by molar-refractivity contribution is -0.130. The van der Waals surface area contributed by atoms with Gasteiger partial charge < -0.3 is 10.6 Å². The monoisotopic (exact) mass is 294 g/mol. The molecule has 1 unspecified atom stereocenters. The number of anilines is 1. The maximum absolute atomic E-state index is 12.4. The van der Waals surface area contributed by atoms with E-state index in [1.165, 1.54) is 5.56 Å². The van der Waals surface area contributed by atoms with Crippen LogP contribution < -0.4 is 5.73 Å². The molecule has 0 bridgehead atoms. The third-order valence-electron chi connectivity index (χ3n) is 4.48. The highest BCUT2D eigenvalue weighted by Crippen LogP contribution is 2.27. The number of para-hydroxylation sites is 1. The number of nitrogen functional groups attached to an aromatic ring is 1. The van der Waals surface area contributed by atoms with Crippen LogP contribution in [-0.4, -0.2) is 23.9 Å². The third kappa shape index (κ3) is 3.30. The number of nitrogens with two attached hydrogens (primary N) is 1. The molecule has 0 aromatic heterocycles. The Bertz CT molecular complexity index is 639. The number of benzene rings is 2. The quantitative estimate of drug-likeness (QED) is 0.880. The number of carbonyl (C=O) groups excluding carboxylic acids is 1. The smallest absolute Gasteiger partial charge is 0.222 e. The second-order valence-corrected chi connectivity index (χ2v) is 5.93. The van der Waals surface area contributed by atoms with Crippen LogP contribution in [-0.2, 0) is 11.2 Å². The van der Waals surface area contributed by atoms with Gasteiger partial charge in [-0.3, -0.25) is 4.79 Å². The summed E-state index contributed by atoms with van der Waals surface area (Å²) in [6.07, 6.45) is 2.32. The minimum atomic E-state index is 0.238. The minimum absolute atomic E-state index is 0.238. The first-order valence-electron chi connectivity index (χ1n) is 7.90. The molecule has 0 radical (unpaired) electrons. The number of aryl methyl sites for hydroxylation is 1. The highest BCUT2D eigenvalue weighted by atomic mass is 16.2. The molecular weight excluding hydrogens is 272 g/mol. The third-order valence-corrected chi connectivity index (χ3v) is 4.48. The average molecular weight is 294 g/mol. The van der Waals surface area contributed by atoms with E-state index in [2.05, 4.69) is 24.3 Å². The molecule has 2 aromatic carbocycles. The van der Waals surface area contributed by atoms with Crippen molar-refractivity contribution in [2.45, 2.75) is 25.2 Å². The minimum Gasteiger partial charge on any atom is -0.399 e. The lowest BCUT2D eigenvalue weighted by atomic mass is 9.99. The largest absolute Gasteiger partial charge is 0.399 e. The van der Waals surface area contributed by atoms with Crippen molar-refractivity contribution in [1.29, 1.82) is 0 Å². The van der Waals surface area contributed by atoms with Crippen LogP contribution in [0.2, 0.25) is 0 Å². The van der Waals surface area contributed by atoms with E-state index in [1.807, 2.05) is 35.2 Å². The SMILES string of the molecule is Nc1ccccc1CCC(=O)N1CCC(c2ccccc2)C1. The molecular formula is C19H22N2O. The van der Waals surface area contributed by atoms with Crippen LogP contribution in [0.25, 0.3) is 0 Å². The van der Waals surface area contributed by atoms with Gasteiger partial charge in [0, 0.05) is 31.1 Å². The van der Waals surface area contributed by atoms with Crippen LogP contribution in [0.1, 0.15) is 29.9 Å². The van der Waals surface area contributed by atoms with Crippen LogP contribution in [0.15, 0.2) is 54.6 Å². The molecule has 2 aromatic rings. The van der Waals surface area contributed by atoms with E-state index >= 15 is 0 Å². The number of hydrogen-bond donors (Lipinski definition) is 1. The van der Waals surface area contributed by atoms with Gasteiger partial charge in [0.05, 0.1) is 0 Å². The molecule has 0 saturated carbocycles. The molecule has 22 heavy (non-hydrogen) atoms. The van der Waals surface area contributed by atoms with Crippen LogP contribution >= 0.6 is 0 Å². The molecule has 1 saturated heterocycles. The van der Waals surface area contributed by atoms with Crippen molar-refractivity contribution in [2.24, 2.45) is 0 Å². The molecule has 114 valence electrons. The zero-order chi connectivity index (χ0) is 15.4. The Morgan fingerprint density at radius 1 is 1.09 bits per heavy atom. The Morgan fingerprint density at radius 2 is 1.82 bits per heavy atom. The fourth-order valence-corrected chi connectivity index (χ4v) is 3.15. The molecule has 1 heterocycles. The van der Waals surface area contributed by atoms with Gasteiger partial charge in [0.1, 0.15) is 0 Å². The summed E-state index contributed by atoms with van der Waals surface area (Å²) in [5, 5.41) is 0. The average Bonchev–Trinajstić information content (AvgIpc) is 3.05. The Labute approximate surface area is 131 Å². The van der Waals surface area contributed by atoms with Crippen molar-refractivity contribution in [3.63, 3.8) is 0 Å². The molecule has 0 spiro atoms. The van der Waals surface area contributed by atoms with E-state index in [1.54, 1.807) is 0 Å². The van der Waals surface area contributed by atoms with Gasteiger partial charge in [-0.05, 0) is 30.0 Å². The highest BCUT2D eigenvalue weighted by molar-refractivity contribution is 5.77. The number of amides is 1. The summed E-state index contributed by atoms with van der Waals surface area (Å²) in [7, 11) is 0. The molecule has 3 nitrogen and oxygen atoms in total. The summed E-state index contributed by atoms with van der Waals surface area (Å²) in [5.41, 5.74) is 9.11. The van der Waals surface area contributed by atoms with E-state index < -0.39 is 0 Å². The molecule has 3 heteroatoms. The Balaban J connectivity index is 1.55. The maximum atomic E-state index is 12.4. The predicted molar refractivity (Wildman–Crippen MR) is 89.6 cm³/mol. The Kier molecular flexibility index (Phi) is 4.42. The Hall–Kier alpha value is -2.29. The summed E-state index contributed by atoms with van der Waals surface area (Å²) < 4.78 is 0. The molecule has 0 aliphatic carbocycles. The summed E-state index contributed by atoms with van der Waals surface area (Å²) in [5.74, 6) is 0.716. The zero-order valence-corrected chi connectivity index (χ0v) is 12.7. The van der Waals surface area contributed by atoms with Crippen molar-refractivity contribution in [3.8, 4) is 0 Å². The van der Waals surface area contributed by atoms with E-state index in [-0.39, 0.29) is 5.91 Å².